The average Bonchev–Trinajstić information content (AvgIpc) is 2.40. The van der Waals surface area contributed by atoms with Crippen molar-refractivity contribution in [3.05, 3.63) is 24.0 Å². The van der Waals surface area contributed by atoms with Gasteiger partial charge in [-0.25, -0.2) is 14.8 Å². The fourth-order valence-corrected chi connectivity index (χ4v) is 1.68. The van der Waals surface area contributed by atoms with Gasteiger partial charge in [-0.05, 0) is 6.08 Å². The number of hydrogen-bond donors (Lipinski definition) is 1. The lowest BCUT2D eigenvalue weighted by Gasteiger charge is -2.31. The lowest BCUT2D eigenvalue weighted by Crippen LogP contribution is -2.49. The van der Waals surface area contributed by atoms with E-state index in [0.29, 0.717) is 24.6 Å². The van der Waals surface area contributed by atoms with Crippen LogP contribution in [0.25, 0.3) is 6.08 Å². The number of carboxylic acids is 1. The Balaban J connectivity index is 2.06. The molecule has 1 aliphatic heterocycles. The van der Waals surface area contributed by atoms with Crippen LogP contribution in [0.3, 0.4) is 0 Å². The fraction of sp³-hybridized carbons (Fsp3) is 0.333. The number of hydrogen-bond acceptors (Lipinski definition) is 5. The zero-order valence-corrected chi connectivity index (χ0v) is 10.5. The molecule has 7 nitrogen and oxygen atoms in total. The number of likely N-dealkylation sites (N-methyl/N-ethyl adjacent to an activating group) is 1. The van der Waals surface area contributed by atoms with E-state index in [0.717, 1.165) is 6.08 Å². The summed E-state index contributed by atoms with van der Waals surface area (Å²) in [5.41, 5.74) is 0.603. The molecular weight excluding hydrogens is 248 g/mol. The summed E-state index contributed by atoms with van der Waals surface area (Å²) in [7, 11) is 1.76. The van der Waals surface area contributed by atoms with Gasteiger partial charge in [-0.3, -0.25) is 4.79 Å². The van der Waals surface area contributed by atoms with Gasteiger partial charge in [0.1, 0.15) is 0 Å². The Labute approximate surface area is 110 Å². The standard InChI is InChI=1S/C12H14N4O3/c1-15-4-5-16(8-10(15)17)12-13-6-9(7-14-12)2-3-11(18)19/h2-3,6-7H,4-5,8H2,1H3,(H,18,19)/b3-2+. The smallest absolute Gasteiger partial charge is 0.328 e. The van der Waals surface area contributed by atoms with Crippen molar-refractivity contribution in [1.29, 1.82) is 0 Å². The first kappa shape index (κ1) is 13.0. The molecule has 1 aliphatic rings. The molecule has 1 fully saturated rings. The van der Waals surface area contributed by atoms with Crippen LogP contribution in [0.1, 0.15) is 5.56 Å². The van der Waals surface area contributed by atoms with Gasteiger partial charge in [0.05, 0.1) is 6.54 Å². The maximum absolute atomic E-state index is 11.6. The zero-order chi connectivity index (χ0) is 13.8. The van der Waals surface area contributed by atoms with Gasteiger partial charge in [0, 0.05) is 44.2 Å². The van der Waals surface area contributed by atoms with Gasteiger partial charge in [-0.2, -0.15) is 0 Å². The molecule has 0 atom stereocenters. The highest BCUT2D eigenvalue weighted by molar-refractivity contribution is 5.85. The number of aliphatic carboxylic acids is 1. The number of carboxylic acid groups (broad SMARTS) is 1. The van der Waals surface area contributed by atoms with E-state index in [1.165, 1.54) is 18.5 Å². The second-order valence-electron chi connectivity index (χ2n) is 4.22. The predicted octanol–water partition coefficient (Wildman–Crippen LogP) is -0.147. The van der Waals surface area contributed by atoms with E-state index in [9.17, 15) is 9.59 Å². The Hall–Kier alpha value is -2.44. The molecule has 100 valence electrons. The Morgan fingerprint density at radius 1 is 1.37 bits per heavy atom. The Bertz CT molecular complexity index is 512. The van der Waals surface area contributed by atoms with E-state index < -0.39 is 5.97 Å². The van der Waals surface area contributed by atoms with Crippen molar-refractivity contribution in [3.63, 3.8) is 0 Å². The number of piperazine rings is 1. The third-order valence-electron chi connectivity index (χ3n) is 2.82. The summed E-state index contributed by atoms with van der Waals surface area (Å²) in [6.45, 7) is 1.59. The molecule has 7 heteroatoms. The molecule has 0 aromatic carbocycles. The largest absolute Gasteiger partial charge is 0.478 e. The summed E-state index contributed by atoms with van der Waals surface area (Å²) in [6.07, 6.45) is 5.51. The van der Waals surface area contributed by atoms with Crippen molar-refractivity contribution < 1.29 is 14.7 Å². The lowest BCUT2D eigenvalue weighted by atomic mass is 10.3. The molecule has 2 rings (SSSR count). The summed E-state index contributed by atoms with van der Waals surface area (Å²) >= 11 is 0. The predicted molar refractivity (Wildman–Crippen MR) is 68.6 cm³/mol. The minimum absolute atomic E-state index is 0.0321. The van der Waals surface area contributed by atoms with E-state index in [2.05, 4.69) is 9.97 Å². The van der Waals surface area contributed by atoms with Crippen molar-refractivity contribution in [3.8, 4) is 0 Å². The Kier molecular flexibility index (Phi) is 3.74. The highest BCUT2D eigenvalue weighted by Crippen LogP contribution is 2.11. The molecule has 0 radical (unpaired) electrons. The number of rotatable bonds is 3. The van der Waals surface area contributed by atoms with Crippen LogP contribution < -0.4 is 4.90 Å². The van der Waals surface area contributed by atoms with Crippen LogP contribution in [-0.4, -0.2) is 58.5 Å². The van der Waals surface area contributed by atoms with Gasteiger partial charge in [0.2, 0.25) is 11.9 Å². The molecule has 0 bridgehead atoms. The van der Waals surface area contributed by atoms with Crippen LogP contribution in [0.2, 0.25) is 0 Å². The van der Waals surface area contributed by atoms with E-state index >= 15 is 0 Å². The third-order valence-corrected chi connectivity index (χ3v) is 2.82. The molecule has 0 saturated carbocycles. The molecule has 0 spiro atoms. The highest BCUT2D eigenvalue weighted by atomic mass is 16.4. The number of amides is 1. The van der Waals surface area contributed by atoms with Crippen LogP contribution in [-0.2, 0) is 9.59 Å². The van der Waals surface area contributed by atoms with Crippen LogP contribution in [0.5, 0.6) is 0 Å². The molecular formula is C12H14N4O3. The fourth-order valence-electron chi connectivity index (χ4n) is 1.68. The normalized spacial score (nSPS) is 16.2. The molecule has 0 unspecified atom stereocenters. The second kappa shape index (κ2) is 5.47. The molecule has 0 aliphatic carbocycles. The molecule has 2 heterocycles. The summed E-state index contributed by atoms with van der Waals surface area (Å²) in [4.78, 5) is 33.7. The molecule has 1 saturated heterocycles. The van der Waals surface area contributed by atoms with Crippen molar-refractivity contribution in [1.82, 2.24) is 14.9 Å². The number of nitrogens with zero attached hydrogens (tertiary/aromatic N) is 4. The summed E-state index contributed by atoms with van der Waals surface area (Å²) in [5, 5.41) is 8.51. The second-order valence-corrected chi connectivity index (χ2v) is 4.22. The summed E-state index contributed by atoms with van der Waals surface area (Å²) in [5.74, 6) is -0.507. The zero-order valence-electron chi connectivity index (χ0n) is 10.5. The summed E-state index contributed by atoms with van der Waals surface area (Å²) < 4.78 is 0. The SMILES string of the molecule is CN1CCN(c2ncc(/C=C/C(=O)O)cn2)CC1=O. The minimum Gasteiger partial charge on any atom is -0.478 e. The van der Waals surface area contributed by atoms with Crippen LogP contribution in [0, 0.1) is 0 Å². The van der Waals surface area contributed by atoms with Gasteiger partial charge in [0.15, 0.2) is 0 Å². The minimum atomic E-state index is -1.02. The van der Waals surface area contributed by atoms with Gasteiger partial charge in [-0.1, -0.05) is 0 Å². The monoisotopic (exact) mass is 262 g/mol. The number of carbonyl (C=O) groups excluding carboxylic acids is 1. The quantitative estimate of drug-likeness (QED) is 0.762. The third kappa shape index (κ3) is 3.27. The lowest BCUT2D eigenvalue weighted by molar-refractivity contribution is -0.131. The average molecular weight is 262 g/mol. The van der Waals surface area contributed by atoms with E-state index in [1.807, 2.05) is 0 Å². The topological polar surface area (TPSA) is 86.6 Å². The van der Waals surface area contributed by atoms with Crippen molar-refractivity contribution in [2.75, 3.05) is 31.6 Å². The molecule has 1 aromatic heterocycles. The van der Waals surface area contributed by atoms with E-state index in [1.54, 1.807) is 16.8 Å². The maximum atomic E-state index is 11.6. The molecule has 19 heavy (non-hydrogen) atoms. The van der Waals surface area contributed by atoms with Gasteiger partial charge < -0.3 is 14.9 Å². The Morgan fingerprint density at radius 3 is 2.63 bits per heavy atom. The van der Waals surface area contributed by atoms with Crippen LogP contribution in [0.15, 0.2) is 18.5 Å². The first-order valence-electron chi connectivity index (χ1n) is 5.78. The first-order chi connectivity index (χ1) is 9.06. The highest BCUT2D eigenvalue weighted by Gasteiger charge is 2.22. The molecule has 1 aromatic rings. The van der Waals surface area contributed by atoms with Crippen LogP contribution in [0.4, 0.5) is 5.95 Å². The van der Waals surface area contributed by atoms with Gasteiger partial charge >= 0.3 is 5.97 Å². The van der Waals surface area contributed by atoms with Crippen molar-refractivity contribution in [2.45, 2.75) is 0 Å². The maximum Gasteiger partial charge on any atom is 0.328 e. The van der Waals surface area contributed by atoms with E-state index in [-0.39, 0.29) is 12.5 Å². The number of carbonyl (C=O) groups is 2. The Morgan fingerprint density at radius 2 is 2.05 bits per heavy atom. The summed E-state index contributed by atoms with van der Waals surface area (Å²) in [6, 6.07) is 0. The first-order valence-corrected chi connectivity index (χ1v) is 5.78. The van der Waals surface area contributed by atoms with Crippen molar-refractivity contribution >= 4 is 23.9 Å². The number of aromatic nitrogens is 2. The number of anilines is 1. The molecule has 1 N–H and O–H groups in total. The van der Waals surface area contributed by atoms with E-state index in [4.69, 9.17) is 5.11 Å². The molecule has 1 amide bonds. The van der Waals surface area contributed by atoms with Gasteiger partial charge in [-0.15, -0.1) is 0 Å². The van der Waals surface area contributed by atoms with Gasteiger partial charge in [0.25, 0.3) is 0 Å². The van der Waals surface area contributed by atoms with Crippen molar-refractivity contribution in [2.24, 2.45) is 0 Å². The van der Waals surface area contributed by atoms with Crippen LogP contribution >= 0.6 is 0 Å².